The van der Waals surface area contributed by atoms with Crippen molar-refractivity contribution >= 4 is 5.91 Å². The Balaban J connectivity index is 2.09. The number of carbonyl (C=O) groups excluding carboxylic acids is 1. The molecule has 0 aliphatic carbocycles. The first kappa shape index (κ1) is 14.8. The maximum atomic E-state index is 12.4. The molecule has 1 fully saturated rings. The fraction of sp³-hybridized carbons (Fsp3) is 0.538. The first-order chi connectivity index (χ1) is 9.41. The zero-order valence-corrected chi connectivity index (χ0v) is 11.1. The van der Waals surface area contributed by atoms with Crippen LogP contribution in [0.1, 0.15) is 28.9 Å². The van der Waals surface area contributed by atoms with E-state index in [0.717, 1.165) is 25.1 Å². The lowest BCUT2D eigenvalue weighted by Gasteiger charge is -2.32. The number of pyridine rings is 1. The second-order valence-electron chi connectivity index (χ2n) is 4.81. The molecule has 1 saturated heterocycles. The van der Waals surface area contributed by atoms with Crippen molar-refractivity contribution in [2.24, 2.45) is 0 Å². The predicted octanol–water partition coefficient (Wildman–Crippen LogP) is 1.92. The highest BCUT2D eigenvalue weighted by molar-refractivity contribution is 5.94. The van der Waals surface area contributed by atoms with Crippen LogP contribution in [-0.2, 0) is 6.18 Å². The number of halogens is 3. The van der Waals surface area contributed by atoms with E-state index in [1.165, 1.54) is 6.07 Å². The second kappa shape index (κ2) is 5.78. The molecule has 1 aliphatic rings. The topological polar surface area (TPSA) is 45.2 Å². The van der Waals surface area contributed by atoms with E-state index in [9.17, 15) is 18.0 Å². The van der Waals surface area contributed by atoms with Gasteiger partial charge < -0.3 is 10.2 Å². The highest BCUT2D eigenvalue weighted by Gasteiger charge is 2.32. The standard InChI is InChI=1S/C13H16F3N3O/c1-17-10-3-2-6-19(8-10)12(20)9-4-5-11(18-7-9)13(14,15)16/h4-5,7,10,17H,2-3,6,8H2,1H3/t10-/m1/s1. The van der Waals surface area contributed by atoms with E-state index in [0.29, 0.717) is 13.1 Å². The molecule has 1 aromatic heterocycles. The smallest absolute Gasteiger partial charge is 0.337 e. The summed E-state index contributed by atoms with van der Waals surface area (Å²) in [5.41, 5.74) is -0.796. The molecule has 0 saturated carbocycles. The van der Waals surface area contributed by atoms with Gasteiger partial charge in [-0.05, 0) is 32.0 Å². The van der Waals surface area contributed by atoms with Gasteiger partial charge >= 0.3 is 6.18 Å². The van der Waals surface area contributed by atoms with Crippen LogP contribution < -0.4 is 5.32 Å². The zero-order valence-electron chi connectivity index (χ0n) is 11.1. The Labute approximate surface area is 115 Å². The van der Waals surface area contributed by atoms with Crippen LogP contribution in [0.4, 0.5) is 13.2 Å². The zero-order chi connectivity index (χ0) is 14.8. The van der Waals surface area contributed by atoms with Crippen molar-refractivity contribution in [2.75, 3.05) is 20.1 Å². The summed E-state index contributed by atoms with van der Waals surface area (Å²) in [6.07, 6.45) is -1.62. The quantitative estimate of drug-likeness (QED) is 0.904. The van der Waals surface area contributed by atoms with E-state index in [1.54, 1.807) is 4.90 Å². The van der Waals surface area contributed by atoms with Gasteiger partial charge in [-0.25, -0.2) is 0 Å². The van der Waals surface area contributed by atoms with Crippen molar-refractivity contribution in [2.45, 2.75) is 25.1 Å². The van der Waals surface area contributed by atoms with Crippen LogP contribution in [0.15, 0.2) is 18.3 Å². The molecule has 110 valence electrons. The van der Waals surface area contributed by atoms with Gasteiger partial charge in [0.15, 0.2) is 0 Å². The van der Waals surface area contributed by atoms with Crippen LogP contribution in [0.3, 0.4) is 0 Å². The predicted molar refractivity (Wildman–Crippen MR) is 67.2 cm³/mol. The van der Waals surface area contributed by atoms with Gasteiger partial charge in [-0.15, -0.1) is 0 Å². The molecule has 2 rings (SSSR count). The van der Waals surface area contributed by atoms with Crippen LogP contribution in [0.5, 0.6) is 0 Å². The number of rotatable bonds is 2. The van der Waals surface area contributed by atoms with Crippen LogP contribution in [-0.4, -0.2) is 42.0 Å². The Morgan fingerprint density at radius 3 is 2.75 bits per heavy atom. The molecule has 1 N–H and O–H groups in total. The lowest BCUT2D eigenvalue weighted by Crippen LogP contribution is -2.47. The van der Waals surface area contributed by atoms with E-state index >= 15 is 0 Å². The number of amides is 1. The average Bonchev–Trinajstić information content (AvgIpc) is 2.46. The molecule has 0 unspecified atom stereocenters. The van der Waals surface area contributed by atoms with Gasteiger partial charge in [-0.3, -0.25) is 9.78 Å². The number of hydrogen-bond donors (Lipinski definition) is 1. The lowest BCUT2D eigenvalue weighted by molar-refractivity contribution is -0.141. The monoisotopic (exact) mass is 287 g/mol. The van der Waals surface area contributed by atoms with E-state index in [2.05, 4.69) is 10.3 Å². The lowest BCUT2D eigenvalue weighted by atomic mass is 10.0. The molecular weight excluding hydrogens is 271 g/mol. The largest absolute Gasteiger partial charge is 0.433 e. The van der Waals surface area contributed by atoms with Gasteiger partial charge in [0.05, 0.1) is 5.56 Å². The summed E-state index contributed by atoms with van der Waals surface area (Å²) in [5, 5.41) is 3.11. The molecule has 7 heteroatoms. The van der Waals surface area contributed by atoms with Crippen molar-refractivity contribution in [3.8, 4) is 0 Å². The highest BCUT2D eigenvalue weighted by Crippen LogP contribution is 2.27. The van der Waals surface area contributed by atoms with Crippen molar-refractivity contribution < 1.29 is 18.0 Å². The summed E-state index contributed by atoms with van der Waals surface area (Å²) < 4.78 is 37.2. The fourth-order valence-corrected chi connectivity index (χ4v) is 2.27. The number of likely N-dealkylation sites (N-methyl/N-ethyl adjacent to an activating group) is 1. The summed E-state index contributed by atoms with van der Waals surface area (Å²) >= 11 is 0. The van der Waals surface area contributed by atoms with Gasteiger partial charge in [0.2, 0.25) is 0 Å². The molecule has 1 atom stereocenters. The first-order valence-electron chi connectivity index (χ1n) is 6.41. The van der Waals surface area contributed by atoms with Crippen LogP contribution in [0, 0.1) is 0 Å². The molecule has 0 aromatic carbocycles. The van der Waals surface area contributed by atoms with E-state index in [-0.39, 0.29) is 17.5 Å². The Morgan fingerprint density at radius 1 is 1.45 bits per heavy atom. The number of piperidine rings is 1. The average molecular weight is 287 g/mol. The minimum atomic E-state index is -4.48. The maximum Gasteiger partial charge on any atom is 0.433 e. The van der Waals surface area contributed by atoms with Crippen LogP contribution in [0.25, 0.3) is 0 Å². The molecule has 4 nitrogen and oxygen atoms in total. The highest BCUT2D eigenvalue weighted by atomic mass is 19.4. The normalized spacial score (nSPS) is 20.0. The van der Waals surface area contributed by atoms with E-state index < -0.39 is 11.9 Å². The molecule has 0 spiro atoms. The Kier molecular flexibility index (Phi) is 4.27. The Bertz CT molecular complexity index is 473. The third-order valence-corrected chi connectivity index (χ3v) is 3.42. The minimum Gasteiger partial charge on any atom is -0.337 e. The number of nitrogens with zero attached hydrogens (tertiary/aromatic N) is 2. The third kappa shape index (κ3) is 3.27. The molecule has 0 radical (unpaired) electrons. The molecule has 1 aromatic rings. The maximum absolute atomic E-state index is 12.4. The third-order valence-electron chi connectivity index (χ3n) is 3.42. The molecular formula is C13H16F3N3O. The first-order valence-corrected chi connectivity index (χ1v) is 6.41. The van der Waals surface area contributed by atoms with Crippen molar-refractivity contribution in [1.29, 1.82) is 0 Å². The number of aromatic nitrogens is 1. The van der Waals surface area contributed by atoms with Gasteiger partial charge in [-0.2, -0.15) is 13.2 Å². The Morgan fingerprint density at radius 2 is 2.20 bits per heavy atom. The number of nitrogens with one attached hydrogen (secondary N) is 1. The number of hydrogen-bond acceptors (Lipinski definition) is 3. The summed E-state index contributed by atoms with van der Waals surface area (Å²) in [7, 11) is 1.83. The SMILES string of the molecule is CN[C@@H]1CCCN(C(=O)c2ccc(C(F)(F)F)nc2)C1. The number of likely N-dealkylation sites (tertiary alicyclic amines) is 1. The van der Waals surface area contributed by atoms with Gasteiger partial charge in [-0.1, -0.05) is 0 Å². The molecule has 2 heterocycles. The molecule has 1 aliphatic heterocycles. The van der Waals surface area contributed by atoms with E-state index in [4.69, 9.17) is 0 Å². The summed E-state index contributed by atoms with van der Waals surface area (Å²) in [6, 6.07) is 2.25. The fourth-order valence-electron chi connectivity index (χ4n) is 2.27. The Hall–Kier alpha value is -1.63. The number of alkyl halides is 3. The second-order valence-corrected chi connectivity index (χ2v) is 4.81. The van der Waals surface area contributed by atoms with E-state index in [1.807, 2.05) is 7.05 Å². The summed E-state index contributed by atoms with van der Waals surface area (Å²) in [5.74, 6) is -0.272. The molecule has 20 heavy (non-hydrogen) atoms. The van der Waals surface area contributed by atoms with Crippen LogP contribution in [0.2, 0.25) is 0 Å². The molecule has 0 bridgehead atoms. The summed E-state index contributed by atoms with van der Waals surface area (Å²) in [6.45, 7) is 1.19. The summed E-state index contributed by atoms with van der Waals surface area (Å²) in [4.78, 5) is 17.2. The van der Waals surface area contributed by atoms with Gasteiger partial charge in [0.25, 0.3) is 5.91 Å². The number of carbonyl (C=O) groups is 1. The van der Waals surface area contributed by atoms with Gasteiger partial charge in [0, 0.05) is 25.3 Å². The van der Waals surface area contributed by atoms with Crippen molar-refractivity contribution in [1.82, 2.24) is 15.2 Å². The molecule has 1 amide bonds. The van der Waals surface area contributed by atoms with Crippen molar-refractivity contribution in [3.05, 3.63) is 29.6 Å². The van der Waals surface area contributed by atoms with Crippen molar-refractivity contribution in [3.63, 3.8) is 0 Å². The van der Waals surface area contributed by atoms with Gasteiger partial charge in [0.1, 0.15) is 5.69 Å². The minimum absolute atomic E-state index is 0.190. The van der Waals surface area contributed by atoms with Crippen LogP contribution >= 0.6 is 0 Å².